The molecule has 1 fully saturated rings. The molecule has 1 aliphatic rings. The number of hydrogen-bond acceptors (Lipinski definition) is 3. The molecule has 6 heteroatoms. The molecule has 0 spiro atoms. The quantitative estimate of drug-likeness (QED) is 0.259. The first-order valence-corrected chi connectivity index (χ1v) is 7.81. The van der Waals surface area contributed by atoms with Crippen molar-refractivity contribution < 1.29 is 9.84 Å². The van der Waals surface area contributed by atoms with E-state index in [1.165, 1.54) is 6.42 Å². The Morgan fingerprint density at radius 1 is 1.38 bits per heavy atom. The Morgan fingerprint density at radius 3 is 2.76 bits per heavy atom. The Morgan fingerprint density at radius 2 is 2.14 bits per heavy atom. The van der Waals surface area contributed by atoms with Crippen molar-refractivity contribution in [1.82, 2.24) is 10.6 Å². The van der Waals surface area contributed by atoms with Crippen molar-refractivity contribution >= 4 is 29.9 Å². The molecule has 2 atom stereocenters. The van der Waals surface area contributed by atoms with Gasteiger partial charge in [0.1, 0.15) is 0 Å². The SMILES string of the molecule is CCNC(=NCC1(C)CCCCC1O)NCCCOC.I. The lowest BCUT2D eigenvalue weighted by Crippen LogP contribution is -2.42. The summed E-state index contributed by atoms with van der Waals surface area (Å²) >= 11 is 0. The van der Waals surface area contributed by atoms with E-state index in [0.717, 1.165) is 51.3 Å². The van der Waals surface area contributed by atoms with Crippen molar-refractivity contribution in [2.45, 2.75) is 52.1 Å². The van der Waals surface area contributed by atoms with Crippen LogP contribution in [0, 0.1) is 5.41 Å². The van der Waals surface area contributed by atoms with E-state index in [1.54, 1.807) is 7.11 Å². The second-order valence-corrected chi connectivity index (χ2v) is 5.88. The third kappa shape index (κ3) is 7.65. The summed E-state index contributed by atoms with van der Waals surface area (Å²) in [5.74, 6) is 0.836. The molecule has 0 bridgehead atoms. The molecule has 0 heterocycles. The topological polar surface area (TPSA) is 65.9 Å². The first-order chi connectivity index (χ1) is 9.62. The molecular formula is C15H32IN3O2. The van der Waals surface area contributed by atoms with Crippen molar-refractivity contribution in [2.24, 2.45) is 10.4 Å². The summed E-state index contributed by atoms with van der Waals surface area (Å²) in [7, 11) is 1.71. The maximum atomic E-state index is 10.2. The van der Waals surface area contributed by atoms with Crippen LogP contribution in [0.2, 0.25) is 0 Å². The van der Waals surface area contributed by atoms with Crippen LogP contribution >= 0.6 is 24.0 Å². The normalized spacial score (nSPS) is 26.1. The average Bonchev–Trinajstić information content (AvgIpc) is 2.44. The molecule has 0 aromatic carbocycles. The Bertz CT molecular complexity index is 303. The fourth-order valence-electron chi connectivity index (χ4n) is 2.59. The van der Waals surface area contributed by atoms with Gasteiger partial charge in [-0.25, -0.2) is 0 Å². The van der Waals surface area contributed by atoms with Crippen molar-refractivity contribution in [3.63, 3.8) is 0 Å². The van der Waals surface area contributed by atoms with Crippen molar-refractivity contribution in [1.29, 1.82) is 0 Å². The molecule has 0 aromatic heterocycles. The predicted octanol–water partition coefficient (Wildman–Crippen LogP) is 2.14. The van der Waals surface area contributed by atoms with Gasteiger partial charge < -0.3 is 20.5 Å². The number of aliphatic imine (C=N–C) groups is 1. The van der Waals surface area contributed by atoms with Crippen LogP contribution in [-0.2, 0) is 4.74 Å². The molecule has 0 radical (unpaired) electrons. The Kier molecular flexibility index (Phi) is 11.4. The smallest absolute Gasteiger partial charge is 0.191 e. The molecule has 5 nitrogen and oxygen atoms in total. The summed E-state index contributed by atoms with van der Waals surface area (Å²) in [4.78, 5) is 4.65. The second kappa shape index (κ2) is 11.5. The monoisotopic (exact) mass is 413 g/mol. The van der Waals surface area contributed by atoms with Crippen LogP contribution in [0.3, 0.4) is 0 Å². The van der Waals surface area contributed by atoms with Gasteiger partial charge in [-0.2, -0.15) is 0 Å². The summed E-state index contributed by atoms with van der Waals surface area (Å²) in [6.45, 7) is 7.32. The number of rotatable bonds is 7. The number of aliphatic hydroxyl groups is 1. The number of nitrogens with zero attached hydrogens (tertiary/aromatic N) is 1. The molecule has 3 N–H and O–H groups in total. The van der Waals surface area contributed by atoms with Gasteiger partial charge in [-0.1, -0.05) is 19.8 Å². The van der Waals surface area contributed by atoms with Crippen molar-refractivity contribution in [2.75, 3.05) is 33.4 Å². The summed E-state index contributed by atoms with van der Waals surface area (Å²) in [6, 6.07) is 0. The van der Waals surface area contributed by atoms with Gasteiger partial charge in [-0.05, 0) is 26.2 Å². The number of ether oxygens (including phenoxy) is 1. The van der Waals surface area contributed by atoms with Crippen LogP contribution in [0.5, 0.6) is 0 Å². The van der Waals surface area contributed by atoms with Crippen LogP contribution in [0.4, 0.5) is 0 Å². The maximum absolute atomic E-state index is 10.2. The van der Waals surface area contributed by atoms with E-state index >= 15 is 0 Å². The highest BCUT2D eigenvalue weighted by Crippen LogP contribution is 2.36. The average molecular weight is 413 g/mol. The molecule has 126 valence electrons. The Hall–Kier alpha value is -0.0800. The lowest BCUT2D eigenvalue weighted by Gasteiger charge is -2.37. The number of aliphatic hydroxyl groups excluding tert-OH is 1. The summed E-state index contributed by atoms with van der Waals surface area (Å²) in [5, 5.41) is 16.7. The van der Waals surface area contributed by atoms with Crippen molar-refractivity contribution in [3.8, 4) is 0 Å². The van der Waals surface area contributed by atoms with Gasteiger partial charge in [0.05, 0.1) is 12.6 Å². The van der Waals surface area contributed by atoms with Crippen LogP contribution in [0.25, 0.3) is 0 Å². The lowest BCUT2D eigenvalue weighted by molar-refractivity contribution is 0.00716. The molecule has 2 unspecified atom stereocenters. The molecule has 1 aliphatic carbocycles. The molecule has 21 heavy (non-hydrogen) atoms. The third-order valence-electron chi connectivity index (χ3n) is 4.04. The zero-order chi connectivity index (χ0) is 14.8. The first kappa shape index (κ1) is 20.9. The zero-order valence-electron chi connectivity index (χ0n) is 13.7. The maximum Gasteiger partial charge on any atom is 0.191 e. The summed E-state index contributed by atoms with van der Waals surface area (Å²) < 4.78 is 5.04. The van der Waals surface area contributed by atoms with Crippen molar-refractivity contribution in [3.05, 3.63) is 0 Å². The molecule has 0 amide bonds. The Labute approximate surface area is 146 Å². The number of methoxy groups -OCH3 is 1. The standard InChI is InChI=1S/C15H31N3O2.HI/c1-4-16-14(17-10-7-11-20-3)18-12-15(2)9-6-5-8-13(15)19;/h13,19H,4-12H2,1-3H3,(H2,16,17,18);1H. The van der Waals surface area contributed by atoms with Gasteiger partial charge in [0.2, 0.25) is 0 Å². The van der Waals surface area contributed by atoms with Crippen LogP contribution in [-0.4, -0.2) is 50.5 Å². The minimum Gasteiger partial charge on any atom is -0.392 e. The fourth-order valence-corrected chi connectivity index (χ4v) is 2.59. The molecule has 0 aliphatic heterocycles. The highest BCUT2D eigenvalue weighted by Gasteiger charge is 2.35. The minimum atomic E-state index is -0.226. The number of hydrogen-bond donors (Lipinski definition) is 3. The third-order valence-corrected chi connectivity index (χ3v) is 4.04. The molecule has 0 saturated heterocycles. The van der Waals surface area contributed by atoms with Gasteiger partial charge >= 0.3 is 0 Å². The van der Waals surface area contributed by atoms with E-state index in [4.69, 9.17) is 4.74 Å². The minimum absolute atomic E-state index is 0. The van der Waals surface area contributed by atoms with Gasteiger partial charge in [-0.15, -0.1) is 24.0 Å². The first-order valence-electron chi connectivity index (χ1n) is 7.81. The number of halogens is 1. The summed E-state index contributed by atoms with van der Waals surface area (Å²) in [5.41, 5.74) is -0.0763. The van der Waals surface area contributed by atoms with Gasteiger partial charge in [0.25, 0.3) is 0 Å². The fraction of sp³-hybridized carbons (Fsp3) is 0.933. The van der Waals surface area contributed by atoms with Gasteiger partial charge in [0, 0.05) is 32.2 Å². The van der Waals surface area contributed by atoms with E-state index in [2.05, 4.69) is 29.5 Å². The Balaban J connectivity index is 0.00000400. The lowest BCUT2D eigenvalue weighted by atomic mass is 9.73. The number of nitrogens with one attached hydrogen (secondary N) is 2. The summed E-state index contributed by atoms with van der Waals surface area (Å²) in [6.07, 6.45) is 5.03. The van der Waals surface area contributed by atoms with Gasteiger partial charge in [0.15, 0.2) is 5.96 Å². The van der Waals surface area contributed by atoms with Gasteiger partial charge in [-0.3, -0.25) is 4.99 Å². The molecule has 1 rings (SSSR count). The molecule has 1 saturated carbocycles. The molecule has 0 aromatic rings. The van der Waals surface area contributed by atoms with Crippen LogP contribution < -0.4 is 10.6 Å². The van der Waals surface area contributed by atoms with Crippen LogP contribution in [0.15, 0.2) is 4.99 Å². The second-order valence-electron chi connectivity index (χ2n) is 5.88. The zero-order valence-corrected chi connectivity index (χ0v) is 16.0. The van der Waals surface area contributed by atoms with E-state index in [9.17, 15) is 5.11 Å². The van der Waals surface area contributed by atoms with E-state index in [1.807, 2.05) is 0 Å². The van der Waals surface area contributed by atoms with E-state index < -0.39 is 0 Å². The highest BCUT2D eigenvalue weighted by molar-refractivity contribution is 14.0. The van der Waals surface area contributed by atoms with E-state index in [0.29, 0.717) is 6.54 Å². The van der Waals surface area contributed by atoms with Crippen LogP contribution in [0.1, 0.15) is 46.0 Å². The highest BCUT2D eigenvalue weighted by atomic mass is 127. The predicted molar refractivity (Wildman–Crippen MR) is 98.5 cm³/mol. The van der Waals surface area contributed by atoms with E-state index in [-0.39, 0.29) is 35.5 Å². The largest absolute Gasteiger partial charge is 0.392 e. The molecular weight excluding hydrogens is 381 g/mol. The number of guanidine groups is 1.